The Hall–Kier alpha value is -7.21. The van der Waals surface area contributed by atoms with Gasteiger partial charge in [-0.2, -0.15) is 0 Å². The molecule has 262 valence electrons. The molecule has 0 N–H and O–H groups in total. The summed E-state index contributed by atoms with van der Waals surface area (Å²) in [6.07, 6.45) is 0. The van der Waals surface area contributed by atoms with Gasteiger partial charge in [0.15, 0.2) is 17.5 Å². The van der Waals surface area contributed by atoms with Crippen LogP contribution in [0.15, 0.2) is 194 Å². The number of aromatic nitrogens is 4. The van der Waals surface area contributed by atoms with E-state index in [1.165, 1.54) is 12.1 Å². The lowest BCUT2D eigenvalue weighted by molar-refractivity contribution is 1.06. The van der Waals surface area contributed by atoms with Crippen molar-refractivity contribution in [1.82, 2.24) is 19.5 Å². The summed E-state index contributed by atoms with van der Waals surface area (Å²) in [6.45, 7) is 0. The topological polar surface area (TPSA) is 43.6 Å². The van der Waals surface area contributed by atoms with Gasteiger partial charge in [0.2, 0.25) is 0 Å². The molecule has 3 heterocycles. The van der Waals surface area contributed by atoms with Crippen LogP contribution >= 0.6 is 11.3 Å². The molecular weight excluding hydrogens is 701 g/mol. The van der Waals surface area contributed by atoms with Gasteiger partial charge in [-0.1, -0.05) is 164 Å². The van der Waals surface area contributed by atoms with Crippen LogP contribution in [-0.2, 0) is 0 Å². The fraction of sp³-hybridized carbons (Fsp3) is 0. The normalized spacial score (nSPS) is 14.1. The van der Waals surface area contributed by atoms with Crippen molar-refractivity contribution >= 4 is 53.3 Å². The van der Waals surface area contributed by atoms with Gasteiger partial charge in [-0.3, -0.25) is 0 Å². The maximum atomic E-state index is 9.55. The molecule has 0 spiro atoms. The van der Waals surface area contributed by atoms with Gasteiger partial charge in [-0.25, -0.2) is 15.0 Å². The molecule has 0 saturated heterocycles. The number of benzene rings is 8. The lowest BCUT2D eigenvalue weighted by Gasteiger charge is -2.17. The summed E-state index contributed by atoms with van der Waals surface area (Å²) in [6, 6.07) is 37.4. The van der Waals surface area contributed by atoms with Crippen LogP contribution in [0.2, 0.25) is 0 Å². The van der Waals surface area contributed by atoms with Crippen LogP contribution in [0.5, 0.6) is 0 Å². The summed E-state index contributed by atoms with van der Waals surface area (Å²) >= 11 is 1.68. The molecule has 5 heteroatoms. The van der Waals surface area contributed by atoms with Crippen LogP contribution in [-0.4, -0.2) is 19.5 Å². The van der Waals surface area contributed by atoms with E-state index in [9.17, 15) is 5.48 Å². The van der Waals surface area contributed by atoms with Gasteiger partial charge in [0.05, 0.1) is 30.4 Å². The van der Waals surface area contributed by atoms with Crippen LogP contribution in [0.25, 0.3) is 104 Å². The molecule has 0 radical (unpaired) electrons. The molecule has 0 amide bonds. The van der Waals surface area contributed by atoms with E-state index in [0.29, 0.717) is 22.9 Å². The quantitative estimate of drug-likeness (QED) is 0.170. The standard InChI is InChI=1S/C51H32N4S/c1-4-16-33(17-5-1)37-24-15-28-45-47(37)41-23-10-12-27-43(41)55(45)44-31-30-36(38-25-14-26-40-39-22-11-13-29-46(39)56-48(38)40)32-42(44)51-53-49(34-18-6-2-7-19-34)52-50(54-51)35-20-8-3-9-21-35/h1-32H/i1D,4D,5D,10D,16D,17D,23D,24D,27D,28D. The fourth-order valence-corrected chi connectivity index (χ4v) is 8.70. The summed E-state index contributed by atoms with van der Waals surface area (Å²) in [5.41, 5.74) is 3.87. The third kappa shape index (κ3) is 5.32. The van der Waals surface area contributed by atoms with Gasteiger partial charge in [-0.05, 0) is 52.5 Å². The van der Waals surface area contributed by atoms with Crippen LogP contribution in [0.1, 0.15) is 13.7 Å². The van der Waals surface area contributed by atoms with E-state index >= 15 is 0 Å². The average Bonchev–Trinajstić information content (AvgIpc) is 3.91. The predicted octanol–water partition coefficient (Wildman–Crippen LogP) is 13.7. The Bertz CT molecular complexity index is 3750. The predicted molar refractivity (Wildman–Crippen MR) is 234 cm³/mol. The summed E-state index contributed by atoms with van der Waals surface area (Å²) in [4.78, 5) is 15.2. The summed E-state index contributed by atoms with van der Waals surface area (Å²) in [5, 5.41) is 2.28. The zero-order chi connectivity index (χ0) is 45.7. The number of fused-ring (bicyclic) bond motifs is 6. The van der Waals surface area contributed by atoms with E-state index in [1.54, 1.807) is 15.9 Å². The highest BCUT2D eigenvalue weighted by atomic mass is 32.1. The molecule has 0 aliphatic rings. The monoisotopic (exact) mass is 742 g/mol. The van der Waals surface area contributed by atoms with E-state index in [2.05, 4.69) is 24.3 Å². The third-order valence-electron chi connectivity index (χ3n) is 9.97. The van der Waals surface area contributed by atoms with Crippen molar-refractivity contribution in [1.29, 1.82) is 0 Å². The second kappa shape index (κ2) is 13.3. The zero-order valence-corrected chi connectivity index (χ0v) is 30.2. The number of nitrogens with zero attached hydrogens (tertiary/aromatic N) is 4. The highest BCUT2D eigenvalue weighted by Crippen LogP contribution is 2.44. The molecule has 0 aliphatic carbocycles. The summed E-state index contributed by atoms with van der Waals surface area (Å²) in [5.74, 6) is 1.03. The SMILES string of the molecule is [2H]c1cc([2H])c2c(c1[2H])c1c(-c3c([2H])c([2H])c([2H])c([2H])c3[2H])c([2H])cc([2H])c1n2-c1ccc(-c2cccc3c2sc2ccccc23)cc1-c1nc(-c2ccccc2)nc(-c2ccccc2)n1. The van der Waals surface area contributed by atoms with Crippen molar-refractivity contribution in [2.24, 2.45) is 0 Å². The van der Waals surface area contributed by atoms with Crippen molar-refractivity contribution in [2.75, 3.05) is 0 Å². The maximum absolute atomic E-state index is 9.55. The van der Waals surface area contributed by atoms with Crippen molar-refractivity contribution in [3.05, 3.63) is 194 Å². The highest BCUT2D eigenvalue weighted by molar-refractivity contribution is 7.26. The van der Waals surface area contributed by atoms with Gasteiger partial charge in [0.1, 0.15) is 0 Å². The van der Waals surface area contributed by atoms with Crippen molar-refractivity contribution in [3.63, 3.8) is 0 Å². The summed E-state index contributed by atoms with van der Waals surface area (Å²) in [7, 11) is 0. The van der Waals surface area contributed by atoms with Crippen molar-refractivity contribution in [2.45, 2.75) is 0 Å². The van der Waals surface area contributed by atoms with E-state index in [0.717, 1.165) is 42.4 Å². The van der Waals surface area contributed by atoms with Crippen molar-refractivity contribution in [3.8, 4) is 62.1 Å². The molecule has 0 saturated carbocycles. The molecule has 11 aromatic rings. The largest absolute Gasteiger partial charge is 0.308 e. The molecule has 0 fully saturated rings. The van der Waals surface area contributed by atoms with Crippen LogP contribution in [0.3, 0.4) is 0 Å². The molecule has 0 atom stereocenters. The smallest absolute Gasteiger partial charge is 0.166 e. The van der Waals surface area contributed by atoms with E-state index < -0.39 is 30.2 Å². The lowest BCUT2D eigenvalue weighted by atomic mass is 9.99. The van der Waals surface area contributed by atoms with E-state index in [1.807, 2.05) is 97.1 Å². The van der Waals surface area contributed by atoms with Gasteiger partial charge >= 0.3 is 0 Å². The molecule has 0 unspecified atom stereocenters. The Morgan fingerprint density at radius 3 is 1.91 bits per heavy atom. The fourth-order valence-electron chi connectivity index (χ4n) is 7.47. The Kier molecular flexibility index (Phi) is 5.58. The Balaban J connectivity index is 1.31. The minimum Gasteiger partial charge on any atom is -0.308 e. The van der Waals surface area contributed by atoms with Crippen LogP contribution in [0.4, 0.5) is 0 Å². The first-order valence-corrected chi connectivity index (χ1v) is 18.8. The zero-order valence-electron chi connectivity index (χ0n) is 39.4. The minimum absolute atomic E-state index is 0.0163. The van der Waals surface area contributed by atoms with Crippen molar-refractivity contribution < 1.29 is 13.7 Å². The van der Waals surface area contributed by atoms with Gasteiger partial charge in [0.25, 0.3) is 0 Å². The molecule has 56 heavy (non-hydrogen) atoms. The Morgan fingerprint density at radius 1 is 0.429 bits per heavy atom. The maximum Gasteiger partial charge on any atom is 0.166 e. The number of hydrogen-bond donors (Lipinski definition) is 0. The first-order valence-electron chi connectivity index (χ1n) is 23.0. The first-order chi connectivity index (χ1) is 31.9. The van der Waals surface area contributed by atoms with Gasteiger partial charge < -0.3 is 4.57 Å². The number of rotatable bonds is 6. The van der Waals surface area contributed by atoms with Gasteiger partial charge in [0, 0.05) is 47.6 Å². The molecular formula is C51H32N4S. The average molecular weight is 743 g/mol. The molecule has 0 bridgehead atoms. The molecule has 3 aromatic heterocycles. The number of para-hydroxylation sites is 1. The van der Waals surface area contributed by atoms with Crippen LogP contribution in [0, 0.1) is 0 Å². The molecule has 8 aromatic carbocycles. The highest BCUT2D eigenvalue weighted by Gasteiger charge is 2.22. The van der Waals surface area contributed by atoms with E-state index in [-0.39, 0.29) is 69.0 Å². The second-order valence-corrected chi connectivity index (χ2v) is 14.3. The number of thiophene rings is 1. The molecule has 11 rings (SSSR count). The lowest BCUT2D eigenvalue weighted by Crippen LogP contribution is -2.04. The first kappa shape index (κ1) is 23.5. The second-order valence-electron chi connectivity index (χ2n) is 13.2. The minimum atomic E-state index is -0.615. The Labute approximate surface area is 341 Å². The molecule has 0 aliphatic heterocycles. The Morgan fingerprint density at radius 2 is 1.12 bits per heavy atom. The summed E-state index contributed by atoms with van der Waals surface area (Å²) < 4.78 is 93.7. The van der Waals surface area contributed by atoms with E-state index in [4.69, 9.17) is 23.2 Å². The number of hydrogen-bond acceptors (Lipinski definition) is 4. The third-order valence-corrected chi connectivity index (χ3v) is 11.2. The molecule has 4 nitrogen and oxygen atoms in total. The van der Waals surface area contributed by atoms with Crippen LogP contribution < -0.4 is 0 Å². The van der Waals surface area contributed by atoms with Gasteiger partial charge in [-0.15, -0.1) is 11.3 Å².